The summed E-state index contributed by atoms with van der Waals surface area (Å²) in [5.41, 5.74) is -0.309. The number of carboxylic acids is 1. The molecule has 2 saturated carbocycles. The number of nitrogens with one attached hydrogen (secondary N) is 1. The Kier molecular flexibility index (Phi) is 2.53. The van der Waals surface area contributed by atoms with E-state index in [0.29, 0.717) is 11.5 Å². The van der Waals surface area contributed by atoms with Crippen LogP contribution in [0.4, 0.5) is 0 Å². The highest BCUT2D eigenvalue weighted by molar-refractivity contribution is 5.79. The second-order valence-corrected chi connectivity index (χ2v) is 5.84. The van der Waals surface area contributed by atoms with Crippen LogP contribution in [0.5, 0.6) is 0 Å². The number of rotatable bonds is 3. The van der Waals surface area contributed by atoms with E-state index in [1.165, 1.54) is 6.42 Å². The van der Waals surface area contributed by atoms with Gasteiger partial charge in [-0.15, -0.1) is 0 Å². The Morgan fingerprint density at radius 1 is 1.27 bits per heavy atom. The molecule has 0 aromatic rings. The molecule has 0 amide bonds. The monoisotopic (exact) mass is 211 g/mol. The molecular weight excluding hydrogens is 190 g/mol. The van der Waals surface area contributed by atoms with Crippen molar-refractivity contribution >= 4 is 5.97 Å². The van der Waals surface area contributed by atoms with Gasteiger partial charge in [-0.25, -0.2) is 0 Å². The maximum absolute atomic E-state index is 11.4. The summed E-state index contributed by atoms with van der Waals surface area (Å²) in [6.07, 6.45) is 6.00. The van der Waals surface area contributed by atoms with Crippen LogP contribution in [0.3, 0.4) is 0 Å². The Morgan fingerprint density at radius 3 is 2.20 bits per heavy atom. The van der Waals surface area contributed by atoms with Crippen molar-refractivity contribution in [1.29, 1.82) is 0 Å². The van der Waals surface area contributed by atoms with Crippen LogP contribution in [0.1, 0.15) is 52.4 Å². The molecule has 0 aromatic carbocycles. The van der Waals surface area contributed by atoms with Gasteiger partial charge in [0.15, 0.2) is 0 Å². The molecule has 15 heavy (non-hydrogen) atoms. The third-order valence-electron chi connectivity index (χ3n) is 4.08. The molecule has 3 nitrogen and oxygen atoms in total. The molecule has 86 valence electrons. The minimum absolute atomic E-state index is 0.305. The number of carbonyl (C=O) groups is 1. The lowest BCUT2D eigenvalue weighted by Gasteiger charge is -2.34. The summed E-state index contributed by atoms with van der Waals surface area (Å²) < 4.78 is 0. The molecule has 2 aliphatic rings. The molecule has 0 bridgehead atoms. The normalized spacial score (nSPS) is 32.3. The van der Waals surface area contributed by atoms with Crippen LogP contribution in [-0.4, -0.2) is 22.7 Å². The first-order chi connectivity index (χ1) is 6.96. The summed E-state index contributed by atoms with van der Waals surface area (Å²) in [6, 6.07) is 0.409. The summed E-state index contributed by atoms with van der Waals surface area (Å²) in [6.45, 7) is 4.39. The van der Waals surface area contributed by atoms with Gasteiger partial charge in [0.1, 0.15) is 5.54 Å². The Morgan fingerprint density at radius 2 is 1.80 bits per heavy atom. The fraction of sp³-hybridized carbons (Fsp3) is 0.917. The van der Waals surface area contributed by atoms with Gasteiger partial charge in [0.25, 0.3) is 0 Å². The van der Waals surface area contributed by atoms with Gasteiger partial charge in [-0.1, -0.05) is 33.1 Å². The Bertz CT molecular complexity index is 267. The van der Waals surface area contributed by atoms with E-state index < -0.39 is 11.5 Å². The molecule has 1 unspecified atom stereocenters. The molecule has 0 aromatic heterocycles. The first-order valence-corrected chi connectivity index (χ1v) is 5.97. The van der Waals surface area contributed by atoms with E-state index in [0.717, 1.165) is 32.1 Å². The van der Waals surface area contributed by atoms with Crippen LogP contribution >= 0.6 is 0 Å². The van der Waals surface area contributed by atoms with Crippen molar-refractivity contribution in [3.63, 3.8) is 0 Å². The second-order valence-electron chi connectivity index (χ2n) is 5.84. The predicted octanol–water partition coefficient (Wildman–Crippen LogP) is 2.16. The van der Waals surface area contributed by atoms with Crippen molar-refractivity contribution in [2.24, 2.45) is 5.41 Å². The van der Waals surface area contributed by atoms with Crippen molar-refractivity contribution in [3.8, 4) is 0 Å². The van der Waals surface area contributed by atoms with Crippen LogP contribution in [0, 0.1) is 5.41 Å². The molecular formula is C12H21NO2. The molecule has 1 atom stereocenters. The second kappa shape index (κ2) is 3.48. The maximum Gasteiger partial charge on any atom is 0.323 e. The summed E-state index contributed by atoms with van der Waals surface area (Å²) >= 11 is 0. The molecule has 2 fully saturated rings. The number of hydrogen-bond acceptors (Lipinski definition) is 2. The molecule has 0 aliphatic heterocycles. The van der Waals surface area contributed by atoms with E-state index >= 15 is 0 Å². The highest BCUT2D eigenvalue weighted by atomic mass is 16.4. The van der Waals surface area contributed by atoms with E-state index in [2.05, 4.69) is 19.2 Å². The van der Waals surface area contributed by atoms with Crippen LogP contribution in [0.25, 0.3) is 0 Å². The van der Waals surface area contributed by atoms with E-state index in [1.807, 2.05) is 0 Å². The maximum atomic E-state index is 11.4. The molecule has 2 aliphatic carbocycles. The van der Waals surface area contributed by atoms with Crippen LogP contribution in [0.15, 0.2) is 0 Å². The van der Waals surface area contributed by atoms with Crippen molar-refractivity contribution < 1.29 is 9.90 Å². The van der Waals surface area contributed by atoms with E-state index in [-0.39, 0.29) is 0 Å². The smallest absolute Gasteiger partial charge is 0.323 e. The molecule has 0 saturated heterocycles. The summed E-state index contributed by atoms with van der Waals surface area (Å²) in [5.74, 6) is -0.648. The van der Waals surface area contributed by atoms with Gasteiger partial charge in [-0.2, -0.15) is 0 Å². The Labute approximate surface area is 91.2 Å². The van der Waals surface area contributed by atoms with Gasteiger partial charge >= 0.3 is 5.97 Å². The number of aliphatic carboxylic acids is 1. The average molecular weight is 211 g/mol. The molecule has 2 rings (SSSR count). The topological polar surface area (TPSA) is 49.3 Å². The highest BCUT2D eigenvalue weighted by Crippen LogP contribution is 2.46. The van der Waals surface area contributed by atoms with Crippen LogP contribution in [0.2, 0.25) is 0 Å². The fourth-order valence-electron chi connectivity index (χ4n) is 2.62. The summed E-state index contributed by atoms with van der Waals surface area (Å²) in [5, 5.41) is 12.8. The average Bonchev–Trinajstić information content (AvgIpc) is 2.74. The lowest BCUT2D eigenvalue weighted by molar-refractivity contribution is -0.146. The van der Waals surface area contributed by atoms with Crippen LogP contribution < -0.4 is 5.32 Å². The van der Waals surface area contributed by atoms with Crippen molar-refractivity contribution in [2.45, 2.75) is 64.0 Å². The molecule has 2 N–H and O–H groups in total. The lowest BCUT2D eigenvalue weighted by atomic mass is 9.81. The Hall–Kier alpha value is -0.570. The zero-order valence-electron chi connectivity index (χ0n) is 9.68. The van der Waals surface area contributed by atoms with Crippen molar-refractivity contribution in [2.75, 3.05) is 0 Å². The molecule has 0 spiro atoms. The predicted molar refractivity (Wildman–Crippen MR) is 58.8 cm³/mol. The van der Waals surface area contributed by atoms with Gasteiger partial charge in [-0.3, -0.25) is 10.1 Å². The number of carboxylic acid groups (broad SMARTS) is 1. The third-order valence-corrected chi connectivity index (χ3v) is 4.08. The van der Waals surface area contributed by atoms with Gasteiger partial charge in [0.05, 0.1) is 0 Å². The van der Waals surface area contributed by atoms with Crippen molar-refractivity contribution in [1.82, 2.24) is 5.32 Å². The minimum Gasteiger partial charge on any atom is -0.480 e. The summed E-state index contributed by atoms with van der Waals surface area (Å²) in [7, 11) is 0. The fourth-order valence-corrected chi connectivity index (χ4v) is 2.62. The lowest BCUT2D eigenvalue weighted by Crippen LogP contribution is -2.54. The molecule has 0 heterocycles. The number of hydrogen-bond donors (Lipinski definition) is 2. The van der Waals surface area contributed by atoms with Gasteiger partial charge in [0.2, 0.25) is 0 Å². The van der Waals surface area contributed by atoms with Crippen LogP contribution in [-0.2, 0) is 4.79 Å². The standard InChI is InChI=1S/C12H21NO2/c1-11(2)8-9(11)13-12(10(14)15)6-4-3-5-7-12/h9,13H,3-8H2,1-2H3,(H,14,15). The largest absolute Gasteiger partial charge is 0.480 e. The van der Waals surface area contributed by atoms with E-state index in [9.17, 15) is 9.90 Å². The van der Waals surface area contributed by atoms with E-state index in [1.54, 1.807) is 0 Å². The third kappa shape index (κ3) is 2.03. The van der Waals surface area contributed by atoms with E-state index in [4.69, 9.17) is 0 Å². The molecule has 3 heteroatoms. The SMILES string of the molecule is CC1(C)CC1NC1(C(=O)O)CCCCC1. The van der Waals surface area contributed by atoms with Crippen molar-refractivity contribution in [3.05, 3.63) is 0 Å². The highest BCUT2D eigenvalue weighted by Gasteiger charge is 2.51. The van der Waals surface area contributed by atoms with Gasteiger partial charge < -0.3 is 5.11 Å². The van der Waals surface area contributed by atoms with Gasteiger partial charge in [-0.05, 0) is 24.7 Å². The first kappa shape index (κ1) is 10.9. The molecule has 0 radical (unpaired) electrons. The summed E-state index contributed by atoms with van der Waals surface area (Å²) in [4.78, 5) is 11.4. The quantitative estimate of drug-likeness (QED) is 0.752. The van der Waals surface area contributed by atoms with Gasteiger partial charge in [0, 0.05) is 6.04 Å². The first-order valence-electron chi connectivity index (χ1n) is 5.97. The zero-order chi connectivity index (χ0) is 11.1. The Balaban J connectivity index is 2.03. The minimum atomic E-state index is -0.648. The zero-order valence-corrected chi connectivity index (χ0v) is 9.68.